The summed E-state index contributed by atoms with van der Waals surface area (Å²) in [5, 5.41) is 16.2. The Hall–Kier alpha value is -3.53. The van der Waals surface area contributed by atoms with Gasteiger partial charge in [0.2, 0.25) is 5.91 Å². The molecule has 0 fully saturated rings. The molecule has 0 bridgehead atoms. The molecule has 2 aromatic carbocycles. The molecule has 0 atom stereocenters. The zero-order valence-corrected chi connectivity index (χ0v) is 14.4. The predicted octanol–water partition coefficient (Wildman–Crippen LogP) is 2.20. The van der Waals surface area contributed by atoms with Crippen LogP contribution < -0.4 is 20.7 Å². The molecule has 0 aromatic heterocycles. The minimum atomic E-state index is -0.459. The van der Waals surface area contributed by atoms with Crippen molar-refractivity contribution < 1.29 is 14.3 Å². The number of hydrogen-bond donors (Lipinski definition) is 3. The van der Waals surface area contributed by atoms with E-state index in [9.17, 15) is 9.59 Å². The first-order valence-corrected chi connectivity index (χ1v) is 8.04. The van der Waals surface area contributed by atoms with Crippen molar-refractivity contribution in [2.45, 2.75) is 13.0 Å². The Kier molecular flexibility index (Phi) is 7.01. The van der Waals surface area contributed by atoms with Gasteiger partial charge in [-0.2, -0.15) is 5.26 Å². The average Bonchev–Trinajstić information content (AvgIpc) is 2.66. The fourth-order valence-corrected chi connectivity index (χ4v) is 2.12. The number of benzene rings is 2. The summed E-state index contributed by atoms with van der Waals surface area (Å²) in [7, 11) is 1.50. The van der Waals surface area contributed by atoms with Crippen molar-refractivity contribution in [2.24, 2.45) is 0 Å². The van der Waals surface area contributed by atoms with E-state index < -0.39 is 6.03 Å². The van der Waals surface area contributed by atoms with E-state index in [1.54, 1.807) is 12.1 Å². The molecule has 3 N–H and O–H groups in total. The minimum Gasteiger partial charge on any atom is -0.489 e. The quantitative estimate of drug-likeness (QED) is 0.711. The van der Waals surface area contributed by atoms with E-state index in [0.717, 1.165) is 11.1 Å². The number of hydrogen-bond acceptors (Lipinski definition) is 4. The molecule has 0 unspecified atom stereocenters. The summed E-state index contributed by atoms with van der Waals surface area (Å²) in [6.45, 7) is 0.250. The highest BCUT2D eigenvalue weighted by atomic mass is 16.5. The lowest BCUT2D eigenvalue weighted by molar-refractivity contribution is -0.119. The maximum Gasteiger partial charge on any atom is 0.319 e. The zero-order chi connectivity index (χ0) is 18.8. The van der Waals surface area contributed by atoms with Crippen LogP contribution in [-0.4, -0.2) is 25.5 Å². The fraction of sp³-hybridized carbons (Fsp3) is 0.211. The molecule has 2 aromatic rings. The number of carbonyl (C=O) groups is 2. The van der Waals surface area contributed by atoms with E-state index in [1.165, 1.54) is 7.05 Å². The maximum absolute atomic E-state index is 11.8. The van der Waals surface area contributed by atoms with E-state index in [1.807, 2.05) is 36.4 Å². The van der Waals surface area contributed by atoms with Crippen LogP contribution in [0.4, 0.5) is 10.5 Å². The van der Waals surface area contributed by atoms with Crippen LogP contribution in [0.15, 0.2) is 48.5 Å². The molecule has 2 rings (SSSR count). The molecule has 7 nitrogen and oxygen atoms in total. The summed E-state index contributed by atoms with van der Waals surface area (Å²) in [6, 6.07) is 16.2. The number of likely N-dealkylation sites (N-methyl/N-ethyl adjacent to an activating group) is 1. The van der Waals surface area contributed by atoms with Crippen LogP contribution >= 0.6 is 0 Å². The van der Waals surface area contributed by atoms with Crippen LogP contribution in [0.25, 0.3) is 0 Å². The molecule has 0 saturated carbocycles. The van der Waals surface area contributed by atoms with Crippen LogP contribution in [-0.2, 0) is 17.8 Å². The van der Waals surface area contributed by atoms with Crippen LogP contribution in [0.3, 0.4) is 0 Å². The van der Waals surface area contributed by atoms with Crippen molar-refractivity contribution in [3.8, 4) is 11.8 Å². The van der Waals surface area contributed by atoms with Gasteiger partial charge in [-0.1, -0.05) is 24.3 Å². The van der Waals surface area contributed by atoms with Gasteiger partial charge in [-0.15, -0.1) is 0 Å². The molecular weight excluding hydrogens is 332 g/mol. The van der Waals surface area contributed by atoms with Gasteiger partial charge in [0.1, 0.15) is 12.4 Å². The molecule has 0 aliphatic carbocycles. The topological polar surface area (TPSA) is 103 Å². The van der Waals surface area contributed by atoms with Gasteiger partial charge in [0.05, 0.1) is 19.0 Å². The second-order valence-electron chi connectivity index (χ2n) is 5.45. The molecule has 26 heavy (non-hydrogen) atoms. The smallest absolute Gasteiger partial charge is 0.319 e. The second-order valence-corrected chi connectivity index (χ2v) is 5.45. The number of anilines is 1. The molecule has 134 valence electrons. The van der Waals surface area contributed by atoms with Gasteiger partial charge in [-0.3, -0.25) is 4.79 Å². The number of ether oxygens (including phenoxy) is 1. The third-order valence-corrected chi connectivity index (χ3v) is 3.49. The lowest BCUT2D eigenvalue weighted by atomic mass is 10.1. The van der Waals surface area contributed by atoms with E-state index in [2.05, 4.69) is 22.0 Å². The van der Waals surface area contributed by atoms with Crippen molar-refractivity contribution in [2.75, 3.05) is 18.9 Å². The number of nitrogens with zero attached hydrogens (tertiary/aromatic N) is 1. The van der Waals surface area contributed by atoms with Crippen molar-refractivity contribution >= 4 is 17.6 Å². The van der Waals surface area contributed by atoms with E-state index in [4.69, 9.17) is 10.00 Å². The molecule has 0 saturated heterocycles. The van der Waals surface area contributed by atoms with Crippen LogP contribution in [0.1, 0.15) is 11.1 Å². The number of urea groups is 1. The SMILES string of the molecule is CNC(=O)CNC(=O)Nc1cccc(COc2ccc(CC#N)cc2)c1. The molecule has 0 aliphatic heterocycles. The average molecular weight is 352 g/mol. The number of amides is 3. The third kappa shape index (κ3) is 6.17. The molecule has 0 spiro atoms. The van der Waals surface area contributed by atoms with Gasteiger partial charge in [-0.25, -0.2) is 4.79 Å². The minimum absolute atomic E-state index is 0.0903. The predicted molar refractivity (Wildman–Crippen MR) is 97.6 cm³/mol. The highest BCUT2D eigenvalue weighted by Gasteiger charge is 2.05. The highest BCUT2D eigenvalue weighted by molar-refractivity contribution is 5.92. The molecular formula is C19H20N4O3. The summed E-state index contributed by atoms with van der Waals surface area (Å²) in [4.78, 5) is 22.9. The Morgan fingerprint density at radius 2 is 1.88 bits per heavy atom. The van der Waals surface area contributed by atoms with Gasteiger partial charge in [-0.05, 0) is 35.4 Å². The first kappa shape index (κ1) is 18.8. The molecule has 3 amide bonds. The first-order chi connectivity index (χ1) is 12.6. The lowest BCUT2D eigenvalue weighted by Gasteiger charge is -2.10. The van der Waals surface area contributed by atoms with Crippen molar-refractivity contribution in [3.05, 3.63) is 59.7 Å². The Balaban J connectivity index is 1.87. The van der Waals surface area contributed by atoms with Crippen molar-refractivity contribution in [1.82, 2.24) is 10.6 Å². The van der Waals surface area contributed by atoms with E-state index in [-0.39, 0.29) is 12.5 Å². The Labute approximate surface area is 152 Å². The largest absolute Gasteiger partial charge is 0.489 e. The standard InChI is InChI=1S/C19H20N4O3/c1-21-18(24)12-22-19(25)23-16-4-2-3-15(11-16)13-26-17-7-5-14(6-8-17)9-10-20/h2-8,11H,9,12-13H2,1H3,(H,21,24)(H2,22,23,25). The van der Waals surface area contributed by atoms with Crippen LogP contribution in [0, 0.1) is 11.3 Å². The van der Waals surface area contributed by atoms with E-state index in [0.29, 0.717) is 24.5 Å². The van der Waals surface area contributed by atoms with E-state index >= 15 is 0 Å². The van der Waals surface area contributed by atoms with Gasteiger partial charge >= 0.3 is 6.03 Å². The normalized spacial score (nSPS) is 9.69. The first-order valence-electron chi connectivity index (χ1n) is 8.04. The molecule has 0 heterocycles. The second kappa shape index (κ2) is 9.69. The molecule has 0 aliphatic rings. The van der Waals surface area contributed by atoms with Gasteiger partial charge in [0.15, 0.2) is 0 Å². The Bertz CT molecular complexity index is 797. The maximum atomic E-state index is 11.8. The summed E-state index contributed by atoms with van der Waals surface area (Å²) in [5.41, 5.74) is 2.42. The molecule has 7 heteroatoms. The van der Waals surface area contributed by atoms with Gasteiger partial charge in [0.25, 0.3) is 0 Å². The number of nitrogens with one attached hydrogen (secondary N) is 3. The molecule has 0 radical (unpaired) electrons. The summed E-state index contributed by atoms with van der Waals surface area (Å²) in [6.07, 6.45) is 0.371. The third-order valence-electron chi connectivity index (χ3n) is 3.49. The van der Waals surface area contributed by atoms with Crippen molar-refractivity contribution in [1.29, 1.82) is 5.26 Å². The summed E-state index contributed by atoms with van der Waals surface area (Å²) < 4.78 is 5.71. The summed E-state index contributed by atoms with van der Waals surface area (Å²) >= 11 is 0. The Morgan fingerprint density at radius 3 is 2.58 bits per heavy atom. The number of nitriles is 1. The fourth-order valence-electron chi connectivity index (χ4n) is 2.12. The van der Waals surface area contributed by atoms with Gasteiger partial charge < -0.3 is 20.7 Å². The zero-order valence-electron chi connectivity index (χ0n) is 14.4. The number of carbonyl (C=O) groups excluding carboxylic acids is 2. The van der Waals surface area contributed by atoms with Gasteiger partial charge in [0, 0.05) is 12.7 Å². The van der Waals surface area contributed by atoms with Crippen LogP contribution in [0.2, 0.25) is 0 Å². The van der Waals surface area contributed by atoms with Crippen molar-refractivity contribution in [3.63, 3.8) is 0 Å². The lowest BCUT2D eigenvalue weighted by Crippen LogP contribution is -2.37. The highest BCUT2D eigenvalue weighted by Crippen LogP contribution is 2.16. The number of rotatable bonds is 7. The van der Waals surface area contributed by atoms with Crippen LogP contribution in [0.5, 0.6) is 5.75 Å². The Morgan fingerprint density at radius 1 is 1.12 bits per heavy atom. The monoisotopic (exact) mass is 352 g/mol. The summed E-state index contributed by atoms with van der Waals surface area (Å²) in [5.74, 6) is 0.427.